The molecule has 0 atom stereocenters. The molecule has 1 aliphatic heterocycles. The number of carbonyl (C=O) groups excluding carboxylic acids is 1. The summed E-state index contributed by atoms with van der Waals surface area (Å²) in [5, 5.41) is 2.88. The number of amides is 1. The highest BCUT2D eigenvalue weighted by Gasteiger charge is 2.21. The average molecular weight is 394 g/mol. The Morgan fingerprint density at radius 2 is 1.97 bits per heavy atom. The molecule has 29 heavy (non-hydrogen) atoms. The van der Waals surface area contributed by atoms with Gasteiger partial charge >= 0.3 is 0 Å². The number of rotatable bonds is 6. The van der Waals surface area contributed by atoms with Gasteiger partial charge in [-0.15, -0.1) is 0 Å². The molecule has 2 aromatic carbocycles. The van der Waals surface area contributed by atoms with E-state index in [9.17, 15) is 4.79 Å². The van der Waals surface area contributed by atoms with Crippen molar-refractivity contribution in [1.82, 2.24) is 14.5 Å². The van der Waals surface area contributed by atoms with Gasteiger partial charge in [-0.25, -0.2) is 4.98 Å². The molecule has 1 aliphatic rings. The number of carbonyl (C=O) groups is 1. The summed E-state index contributed by atoms with van der Waals surface area (Å²) in [6.45, 7) is 7.12. The van der Waals surface area contributed by atoms with Crippen LogP contribution in [0.3, 0.4) is 0 Å². The van der Waals surface area contributed by atoms with Crippen molar-refractivity contribution in [3.8, 4) is 11.5 Å². The van der Waals surface area contributed by atoms with E-state index >= 15 is 0 Å². The molecule has 1 aromatic heterocycles. The number of imidazole rings is 1. The highest BCUT2D eigenvalue weighted by atomic mass is 16.5. The molecule has 0 saturated heterocycles. The number of nitrogens with one attached hydrogen (secondary N) is 1. The van der Waals surface area contributed by atoms with Crippen molar-refractivity contribution in [3.63, 3.8) is 0 Å². The van der Waals surface area contributed by atoms with Gasteiger partial charge in [-0.05, 0) is 44.2 Å². The summed E-state index contributed by atoms with van der Waals surface area (Å²) in [6, 6.07) is 13.6. The number of nitrogens with zero attached hydrogens (tertiary/aromatic N) is 3. The predicted molar refractivity (Wildman–Crippen MR) is 112 cm³/mol. The maximum atomic E-state index is 12.3. The van der Waals surface area contributed by atoms with Crippen LogP contribution < -0.4 is 14.8 Å². The van der Waals surface area contributed by atoms with Gasteiger partial charge in [-0.1, -0.05) is 12.1 Å². The molecule has 0 spiro atoms. The molecule has 7 nitrogen and oxygen atoms in total. The number of hydrogen-bond acceptors (Lipinski definition) is 5. The molecule has 0 unspecified atom stereocenters. The maximum Gasteiger partial charge on any atom is 0.262 e. The van der Waals surface area contributed by atoms with Crippen LogP contribution in [0.25, 0.3) is 11.0 Å². The second-order valence-corrected chi connectivity index (χ2v) is 7.44. The number of methoxy groups -OCH3 is 1. The lowest BCUT2D eigenvalue weighted by molar-refractivity contribution is -0.118. The molecule has 7 heteroatoms. The first kappa shape index (κ1) is 19.3. The smallest absolute Gasteiger partial charge is 0.262 e. The molecule has 1 N–H and O–H groups in total. The van der Waals surface area contributed by atoms with Gasteiger partial charge < -0.3 is 19.4 Å². The zero-order chi connectivity index (χ0) is 20.4. The Hall–Kier alpha value is -3.06. The van der Waals surface area contributed by atoms with Crippen molar-refractivity contribution in [1.29, 1.82) is 0 Å². The molecule has 0 radical (unpaired) electrons. The van der Waals surface area contributed by atoms with Crippen molar-refractivity contribution in [2.24, 2.45) is 0 Å². The first-order valence-corrected chi connectivity index (χ1v) is 9.84. The van der Waals surface area contributed by atoms with E-state index in [-0.39, 0.29) is 12.5 Å². The fourth-order valence-electron chi connectivity index (χ4n) is 3.64. The molecule has 4 rings (SSSR count). The number of benzene rings is 2. The monoisotopic (exact) mass is 394 g/mol. The molecule has 0 saturated carbocycles. The quantitative estimate of drug-likeness (QED) is 0.695. The van der Waals surface area contributed by atoms with Gasteiger partial charge in [0.05, 0.1) is 24.7 Å². The first-order chi connectivity index (χ1) is 14.0. The van der Waals surface area contributed by atoms with Crippen molar-refractivity contribution in [2.75, 3.05) is 25.6 Å². The summed E-state index contributed by atoms with van der Waals surface area (Å²) in [5.74, 6) is 1.98. The number of fused-ring (bicyclic) bond motifs is 3. The van der Waals surface area contributed by atoms with Crippen molar-refractivity contribution < 1.29 is 14.3 Å². The Balaban J connectivity index is 1.44. The summed E-state index contributed by atoms with van der Waals surface area (Å²) in [6.07, 6.45) is 0. The molecule has 2 heterocycles. The van der Waals surface area contributed by atoms with Gasteiger partial charge in [-0.3, -0.25) is 9.69 Å². The van der Waals surface area contributed by atoms with Gasteiger partial charge in [0.25, 0.3) is 5.91 Å². The molecular formula is C22H26N4O3. The lowest BCUT2D eigenvalue weighted by Crippen LogP contribution is -2.38. The average Bonchev–Trinajstić information content (AvgIpc) is 3.09. The largest absolute Gasteiger partial charge is 0.493 e. The minimum absolute atomic E-state index is 0.0958. The van der Waals surface area contributed by atoms with E-state index in [1.54, 1.807) is 19.2 Å². The lowest BCUT2D eigenvalue weighted by atomic mass is 10.2. The fourth-order valence-corrected chi connectivity index (χ4v) is 3.64. The minimum atomic E-state index is -0.231. The number of hydrogen-bond donors (Lipinski definition) is 1. The van der Waals surface area contributed by atoms with E-state index in [0.717, 1.165) is 36.5 Å². The van der Waals surface area contributed by atoms with E-state index in [2.05, 4.69) is 28.6 Å². The topological polar surface area (TPSA) is 68.6 Å². The van der Waals surface area contributed by atoms with E-state index in [4.69, 9.17) is 14.5 Å². The summed E-state index contributed by atoms with van der Waals surface area (Å²) in [4.78, 5) is 19.5. The van der Waals surface area contributed by atoms with Crippen LogP contribution in [0.4, 0.5) is 5.69 Å². The third kappa shape index (κ3) is 4.05. The van der Waals surface area contributed by atoms with Gasteiger partial charge in [0.15, 0.2) is 18.1 Å². The Labute approximate surface area is 170 Å². The lowest BCUT2D eigenvalue weighted by Gasteiger charge is -2.30. The highest BCUT2D eigenvalue weighted by Crippen LogP contribution is 2.26. The third-order valence-corrected chi connectivity index (χ3v) is 5.22. The van der Waals surface area contributed by atoms with Crippen LogP contribution in [0.5, 0.6) is 11.5 Å². The zero-order valence-electron chi connectivity index (χ0n) is 17.0. The standard InChI is InChI=1S/C22H26N4O3/c1-15(2)25-10-11-26-18-9-8-16(12-17(18)24-21(26)13-25)23-22(27)14-29-20-7-5-4-6-19(20)28-3/h4-9,12,15H,10-11,13-14H2,1-3H3,(H,23,27). The van der Waals surface area contributed by atoms with Crippen LogP contribution in [0.1, 0.15) is 19.7 Å². The second kappa shape index (κ2) is 8.13. The molecule has 0 bridgehead atoms. The van der Waals surface area contributed by atoms with E-state index in [0.29, 0.717) is 23.2 Å². The van der Waals surface area contributed by atoms with Crippen LogP contribution in [-0.4, -0.2) is 46.7 Å². The third-order valence-electron chi connectivity index (χ3n) is 5.22. The van der Waals surface area contributed by atoms with E-state index in [1.165, 1.54) is 0 Å². The zero-order valence-corrected chi connectivity index (χ0v) is 17.0. The van der Waals surface area contributed by atoms with Crippen LogP contribution in [0.15, 0.2) is 42.5 Å². The van der Waals surface area contributed by atoms with Crippen molar-refractivity contribution in [2.45, 2.75) is 33.0 Å². The Bertz CT molecular complexity index is 1030. The summed E-state index contributed by atoms with van der Waals surface area (Å²) >= 11 is 0. The summed E-state index contributed by atoms with van der Waals surface area (Å²) in [7, 11) is 1.57. The Kier molecular flexibility index (Phi) is 5.40. The second-order valence-electron chi connectivity index (χ2n) is 7.44. The first-order valence-electron chi connectivity index (χ1n) is 9.84. The fraction of sp³-hybridized carbons (Fsp3) is 0.364. The summed E-state index contributed by atoms with van der Waals surface area (Å²) < 4.78 is 13.1. The molecule has 3 aromatic rings. The highest BCUT2D eigenvalue weighted by molar-refractivity contribution is 5.94. The van der Waals surface area contributed by atoms with Crippen LogP contribution >= 0.6 is 0 Å². The molecule has 1 amide bonds. The normalized spacial score (nSPS) is 14.1. The molecular weight excluding hydrogens is 368 g/mol. The minimum Gasteiger partial charge on any atom is -0.493 e. The Morgan fingerprint density at radius 1 is 1.17 bits per heavy atom. The number of anilines is 1. The van der Waals surface area contributed by atoms with Gasteiger partial charge in [0.1, 0.15) is 5.82 Å². The predicted octanol–water partition coefficient (Wildman–Crippen LogP) is 3.29. The molecule has 152 valence electrons. The number of ether oxygens (including phenoxy) is 2. The van der Waals surface area contributed by atoms with Crippen molar-refractivity contribution in [3.05, 3.63) is 48.3 Å². The van der Waals surface area contributed by atoms with Gasteiger partial charge in [-0.2, -0.15) is 0 Å². The van der Waals surface area contributed by atoms with Crippen LogP contribution in [0, 0.1) is 0 Å². The SMILES string of the molecule is COc1ccccc1OCC(=O)Nc1ccc2c(c1)nc1n2CCN(C(C)C)C1. The maximum absolute atomic E-state index is 12.3. The Morgan fingerprint density at radius 3 is 2.72 bits per heavy atom. The molecule has 0 aliphatic carbocycles. The van der Waals surface area contributed by atoms with E-state index < -0.39 is 0 Å². The number of aromatic nitrogens is 2. The van der Waals surface area contributed by atoms with Crippen LogP contribution in [0.2, 0.25) is 0 Å². The van der Waals surface area contributed by atoms with Crippen LogP contribution in [-0.2, 0) is 17.9 Å². The van der Waals surface area contributed by atoms with Crippen molar-refractivity contribution >= 4 is 22.6 Å². The number of para-hydroxylation sites is 2. The van der Waals surface area contributed by atoms with Gasteiger partial charge in [0.2, 0.25) is 0 Å². The van der Waals surface area contributed by atoms with Gasteiger partial charge in [0, 0.05) is 24.8 Å². The van der Waals surface area contributed by atoms with E-state index in [1.807, 2.05) is 30.3 Å². The molecule has 0 fully saturated rings. The summed E-state index contributed by atoms with van der Waals surface area (Å²) in [5.41, 5.74) is 2.71.